The predicted octanol–water partition coefficient (Wildman–Crippen LogP) is 4.60. The second kappa shape index (κ2) is 8.42. The summed E-state index contributed by atoms with van der Waals surface area (Å²) in [5, 5.41) is 0. The van der Waals surface area contributed by atoms with E-state index in [0.717, 1.165) is 45.2 Å². The molecule has 0 unspecified atom stereocenters. The Morgan fingerprint density at radius 3 is 1.30 bits per heavy atom. The van der Waals surface area contributed by atoms with Gasteiger partial charge in [-0.15, -0.1) is 0 Å². The minimum Gasteiger partial charge on any atom is -0.184 e. The van der Waals surface area contributed by atoms with E-state index in [4.69, 9.17) is 0 Å². The summed E-state index contributed by atoms with van der Waals surface area (Å²) in [6.45, 7) is 4.42. The number of unbranched alkanes of at least 4 members (excludes halogenated alkanes) is 2. The minimum absolute atomic E-state index is 1.03. The van der Waals surface area contributed by atoms with E-state index in [1.807, 2.05) is 0 Å². The summed E-state index contributed by atoms with van der Waals surface area (Å²) >= 11 is 2.06. The number of alkyl halides is 4. The first-order valence-electron chi connectivity index (χ1n) is 3.17. The molecule has 0 saturated heterocycles. The molecule has 0 fully saturated rings. The van der Waals surface area contributed by atoms with Crippen molar-refractivity contribution in [1.29, 1.82) is 0 Å². The average molecular weight is 376 g/mol. The summed E-state index contributed by atoms with van der Waals surface area (Å²) in [6.07, 6.45) is 4.08. The van der Waals surface area contributed by atoms with Crippen LogP contribution in [0.15, 0.2) is 0 Å². The van der Waals surface area contributed by atoms with E-state index in [1.54, 1.807) is 0 Å². The summed E-state index contributed by atoms with van der Waals surface area (Å²) in [7, 11) is 0. The van der Waals surface area contributed by atoms with E-state index in [9.17, 15) is 8.78 Å². The molecule has 0 aromatic carbocycles. The molecule has 0 bridgehead atoms. The van der Waals surface area contributed by atoms with Gasteiger partial charge in [-0.1, -0.05) is 33.1 Å². The lowest BCUT2D eigenvalue weighted by Crippen LogP contribution is -1.83. The number of hydrogen-bond acceptors (Lipinski definition) is 0. The Labute approximate surface area is 88.4 Å². The fourth-order valence-electron chi connectivity index (χ4n) is 0.354. The van der Waals surface area contributed by atoms with Gasteiger partial charge in [0.25, 0.3) is 0 Å². The summed E-state index contributed by atoms with van der Waals surface area (Å²) < 4.78 is 19.4. The standard InChI is InChI=1S/C5H12.CF2I2/c1-3-5-4-2;2-1(3,4)5/h3-5H2,1-2H3;. The second-order valence-corrected chi connectivity index (χ2v) is 6.56. The lowest BCUT2D eigenvalue weighted by atomic mass is 10.3. The van der Waals surface area contributed by atoms with Crippen LogP contribution in [0.2, 0.25) is 0 Å². The van der Waals surface area contributed by atoms with Gasteiger partial charge in [-0.2, -0.15) is 8.78 Å². The smallest absolute Gasteiger partial charge is 0.184 e. The van der Waals surface area contributed by atoms with Gasteiger partial charge in [0, 0.05) is 45.2 Å². The molecule has 0 nitrogen and oxygen atoms in total. The molecule has 0 radical (unpaired) electrons. The van der Waals surface area contributed by atoms with Gasteiger partial charge in [0.15, 0.2) is 0 Å². The Kier molecular flexibility index (Phi) is 11.7. The summed E-state index contributed by atoms with van der Waals surface area (Å²) in [5.41, 5.74) is 0. The van der Waals surface area contributed by atoms with E-state index in [0.29, 0.717) is 0 Å². The predicted molar refractivity (Wildman–Crippen MR) is 58.2 cm³/mol. The number of rotatable bonds is 2. The largest absolute Gasteiger partial charge is 0.345 e. The van der Waals surface area contributed by atoms with Crippen LogP contribution in [-0.4, -0.2) is 1.94 Å². The van der Waals surface area contributed by atoms with E-state index in [-0.39, 0.29) is 0 Å². The van der Waals surface area contributed by atoms with Crippen molar-refractivity contribution in [3.63, 3.8) is 0 Å². The second-order valence-electron chi connectivity index (χ2n) is 1.78. The van der Waals surface area contributed by atoms with Gasteiger partial charge in [-0.3, -0.25) is 0 Å². The molecule has 0 spiro atoms. The van der Waals surface area contributed by atoms with Crippen LogP contribution in [0.5, 0.6) is 0 Å². The zero-order valence-electron chi connectivity index (χ0n) is 6.13. The van der Waals surface area contributed by atoms with Crippen molar-refractivity contribution >= 4 is 45.2 Å². The van der Waals surface area contributed by atoms with Gasteiger partial charge in [0.2, 0.25) is 0 Å². The van der Waals surface area contributed by atoms with Gasteiger partial charge in [0.1, 0.15) is 0 Å². The molecular weight excluding hydrogens is 364 g/mol. The normalized spacial score (nSPS) is 10.2. The monoisotopic (exact) mass is 376 g/mol. The Morgan fingerprint density at radius 2 is 1.30 bits per heavy atom. The third kappa shape index (κ3) is 58.5. The molecule has 0 amide bonds. The van der Waals surface area contributed by atoms with E-state index in [1.165, 1.54) is 19.3 Å². The fourth-order valence-corrected chi connectivity index (χ4v) is 0.354. The van der Waals surface area contributed by atoms with Crippen LogP contribution in [-0.2, 0) is 0 Å². The molecule has 0 N–H and O–H groups in total. The molecule has 0 rings (SSSR count). The highest BCUT2D eigenvalue weighted by molar-refractivity contribution is 14.2. The highest BCUT2D eigenvalue weighted by Gasteiger charge is 2.14. The van der Waals surface area contributed by atoms with Crippen LogP contribution in [0.4, 0.5) is 8.78 Å². The zero-order valence-corrected chi connectivity index (χ0v) is 10.4. The molecule has 0 aliphatic carbocycles. The van der Waals surface area contributed by atoms with Crippen molar-refractivity contribution in [2.45, 2.75) is 35.0 Å². The van der Waals surface area contributed by atoms with Crippen molar-refractivity contribution in [1.82, 2.24) is 0 Å². The summed E-state index contributed by atoms with van der Waals surface area (Å²) in [5.74, 6) is 0. The Bertz CT molecular complexity index is 53.3. The van der Waals surface area contributed by atoms with E-state index < -0.39 is 1.94 Å². The molecular formula is C6H12F2I2. The Balaban J connectivity index is 0. The molecule has 0 heterocycles. The maximum absolute atomic E-state index is 11.0. The molecule has 0 aliphatic heterocycles. The summed E-state index contributed by atoms with van der Waals surface area (Å²) in [6, 6.07) is 0. The zero-order chi connectivity index (χ0) is 8.62. The number of halogens is 4. The quantitative estimate of drug-likeness (QED) is 0.488. The van der Waals surface area contributed by atoms with Crippen molar-refractivity contribution < 1.29 is 8.78 Å². The highest BCUT2D eigenvalue weighted by Crippen LogP contribution is 2.29. The molecule has 64 valence electrons. The van der Waals surface area contributed by atoms with Crippen LogP contribution in [0.25, 0.3) is 0 Å². The van der Waals surface area contributed by atoms with Gasteiger partial charge < -0.3 is 0 Å². The molecule has 10 heavy (non-hydrogen) atoms. The SMILES string of the molecule is CCCCC.FC(F)(I)I. The maximum atomic E-state index is 11.0. The van der Waals surface area contributed by atoms with Gasteiger partial charge in [-0.25, -0.2) is 0 Å². The molecule has 0 atom stereocenters. The summed E-state index contributed by atoms with van der Waals surface area (Å²) in [4.78, 5) is 0. The molecule has 0 aliphatic rings. The maximum Gasteiger partial charge on any atom is 0.345 e. The van der Waals surface area contributed by atoms with Crippen molar-refractivity contribution in [2.75, 3.05) is 0 Å². The molecule has 0 aromatic rings. The van der Waals surface area contributed by atoms with Crippen LogP contribution in [0.1, 0.15) is 33.1 Å². The third-order valence-corrected chi connectivity index (χ3v) is 0.707. The Morgan fingerprint density at radius 1 is 1.10 bits per heavy atom. The van der Waals surface area contributed by atoms with E-state index in [2.05, 4.69) is 13.8 Å². The number of hydrogen-bond donors (Lipinski definition) is 0. The van der Waals surface area contributed by atoms with Gasteiger partial charge in [-0.05, 0) is 0 Å². The third-order valence-electron chi connectivity index (χ3n) is 0.707. The van der Waals surface area contributed by atoms with E-state index >= 15 is 0 Å². The van der Waals surface area contributed by atoms with Crippen molar-refractivity contribution in [3.05, 3.63) is 0 Å². The topological polar surface area (TPSA) is 0 Å². The molecule has 0 aromatic heterocycles. The van der Waals surface area contributed by atoms with Crippen LogP contribution in [0, 0.1) is 0 Å². The minimum atomic E-state index is -2.56. The lowest BCUT2D eigenvalue weighted by Gasteiger charge is -1.88. The van der Waals surface area contributed by atoms with Gasteiger partial charge >= 0.3 is 1.94 Å². The van der Waals surface area contributed by atoms with Crippen LogP contribution in [0.3, 0.4) is 0 Å². The Hall–Kier alpha value is 1.32. The molecule has 0 saturated carbocycles. The van der Waals surface area contributed by atoms with Crippen molar-refractivity contribution in [2.24, 2.45) is 0 Å². The van der Waals surface area contributed by atoms with Crippen LogP contribution >= 0.6 is 45.2 Å². The lowest BCUT2D eigenvalue weighted by molar-refractivity contribution is 0.252. The molecule has 4 heteroatoms. The van der Waals surface area contributed by atoms with Crippen molar-refractivity contribution in [3.8, 4) is 0 Å². The highest BCUT2D eigenvalue weighted by atomic mass is 127. The first-order valence-corrected chi connectivity index (χ1v) is 5.33. The first-order chi connectivity index (χ1) is 4.41. The average Bonchev–Trinajstić information content (AvgIpc) is 1.63. The fraction of sp³-hybridized carbons (Fsp3) is 1.00. The van der Waals surface area contributed by atoms with Crippen LogP contribution < -0.4 is 0 Å². The first kappa shape index (κ1) is 13.9. The van der Waals surface area contributed by atoms with Gasteiger partial charge in [0.05, 0.1) is 0 Å².